The predicted octanol–water partition coefficient (Wildman–Crippen LogP) is 2.73. The Morgan fingerprint density at radius 2 is 1.94 bits per heavy atom. The van der Waals surface area contributed by atoms with Gasteiger partial charge >= 0.3 is 0 Å². The summed E-state index contributed by atoms with van der Waals surface area (Å²) in [5.41, 5.74) is -0.514. The fourth-order valence-electron chi connectivity index (χ4n) is 5.12. The Morgan fingerprint density at radius 1 is 1.24 bits per heavy atom. The van der Waals surface area contributed by atoms with Gasteiger partial charge in [0, 0.05) is 11.1 Å². The van der Waals surface area contributed by atoms with E-state index in [2.05, 4.69) is 14.8 Å². The Kier molecular flexibility index (Phi) is 4.97. The average molecular weight is 493 g/mol. The molecule has 5 rings (SSSR count). The summed E-state index contributed by atoms with van der Waals surface area (Å²) in [4.78, 5) is 5.21. The molecule has 2 saturated carbocycles. The van der Waals surface area contributed by atoms with Crippen LogP contribution >= 0.6 is 11.3 Å². The van der Waals surface area contributed by atoms with E-state index in [9.17, 15) is 18.6 Å². The highest BCUT2D eigenvalue weighted by molar-refractivity contribution is 7.89. The van der Waals surface area contributed by atoms with E-state index in [4.69, 9.17) is 4.74 Å². The third-order valence-electron chi connectivity index (χ3n) is 6.78. The summed E-state index contributed by atoms with van der Waals surface area (Å²) in [7, 11) is -2.49. The van der Waals surface area contributed by atoms with Crippen LogP contribution in [0.1, 0.15) is 56.7 Å². The van der Waals surface area contributed by atoms with Gasteiger partial charge < -0.3 is 14.9 Å². The smallest absolute Gasteiger partial charge is 0.244 e. The van der Waals surface area contributed by atoms with Crippen LogP contribution in [0.15, 0.2) is 23.1 Å². The first-order valence-corrected chi connectivity index (χ1v) is 13.2. The van der Waals surface area contributed by atoms with E-state index in [-0.39, 0.29) is 10.6 Å². The first-order valence-electron chi connectivity index (χ1n) is 10.9. The van der Waals surface area contributed by atoms with Crippen LogP contribution in [0.25, 0.3) is 16.2 Å². The zero-order valence-electron chi connectivity index (χ0n) is 19.0. The molecule has 0 aliphatic heterocycles. The molecule has 2 bridgehead atoms. The van der Waals surface area contributed by atoms with Crippen LogP contribution in [0.5, 0.6) is 5.75 Å². The molecule has 3 aromatic rings. The molecule has 11 heteroatoms. The minimum Gasteiger partial charge on any atom is -0.495 e. The van der Waals surface area contributed by atoms with E-state index < -0.39 is 26.8 Å². The molecule has 0 saturated heterocycles. The summed E-state index contributed by atoms with van der Waals surface area (Å²) in [6, 6.07) is 4.98. The topological polar surface area (TPSA) is 126 Å². The van der Waals surface area contributed by atoms with Gasteiger partial charge in [0.05, 0.1) is 24.1 Å². The van der Waals surface area contributed by atoms with Crippen LogP contribution in [0.2, 0.25) is 0 Å². The summed E-state index contributed by atoms with van der Waals surface area (Å²) < 4.78 is 37.0. The normalized spacial score (nSPS) is 25.3. The number of fused-ring (bicyclic) bond motifs is 3. The lowest BCUT2D eigenvalue weighted by molar-refractivity contribution is 0.0521. The monoisotopic (exact) mass is 492 g/mol. The van der Waals surface area contributed by atoms with Crippen molar-refractivity contribution in [2.24, 2.45) is 0 Å². The van der Waals surface area contributed by atoms with Crippen molar-refractivity contribution in [2.75, 3.05) is 7.11 Å². The molecule has 1 aromatic carbocycles. The molecular weight excluding hydrogens is 464 g/mol. The summed E-state index contributed by atoms with van der Waals surface area (Å²) in [6.07, 6.45) is 2.87. The fourth-order valence-corrected chi connectivity index (χ4v) is 7.72. The van der Waals surface area contributed by atoms with Gasteiger partial charge in [-0.1, -0.05) is 11.3 Å². The van der Waals surface area contributed by atoms with Gasteiger partial charge in [0.1, 0.15) is 21.3 Å². The molecule has 2 fully saturated rings. The third kappa shape index (κ3) is 3.75. The van der Waals surface area contributed by atoms with Crippen molar-refractivity contribution in [3.63, 3.8) is 0 Å². The molecule has 2 aliphatic carbocycles. The third-order valence-corrected chi connectivity index (χ3v) is 9.61. The number of aromatic nitrogens is 3. The number of rotatable bonds is 6. The lowest BCUT2D eigenvalue weighted by Gasteiger charge is -2.27. The standard InChI is InChI=1S/C22H28N4O5S2/c1-13-17(26-19(23-13)32-18(24-26)20(2,3)27)14-5-6-15(31-4)16(11-14)33(29,30)25-21-7-9-22(28,12-21)10-8-21/h5-6,11,25,27-28H,7-10,12H2,1-4H3. The number of methoxy groups -OCH3 is 1. The number of nitrogens with one attached hydrogen (secondary N) is 1. The highest BCUT2D eigenvalue weighted by Gasteiger charge is 2.55. The van der Waals surface area contributed by atoms with Crippen LogP contribution in [0.4, 0.5) is 0 Å². The van der Waals surface area contributed by atoms with Gasteiger partial charge in [0.25, 0.3) is 0 Å². The molecule has 33 heavy (non-hydrogen) atoms. The molecular formula is C22H28N4O5S2. The van der Waals surface area contributed by atoms with E-state index in [0.717, 1.165) is 0 Å². The number of aryl methyl sites for hydroxylation is 1. The van der Waals surface area contributed by atoms with E-state index in [1.165, 1.54) is 18.4 Å². The minimum atomic E-state index is -3.93. The number of benzene rings is 1. The number of hydrogen-bond donors (Lipinski definition) is 3. The number of ether oxygens (including phenoxy) is 1. The van der Waals surface area contributed by atoms with Gasteiger partial charge in [0.2, 0.25) is 15.0 Å². The van der Waals surface area contributed by atoms with E-state index in [0.29, 0.717) is 59.0 Å². The van der Waals surface area contributed by atoms with Crippen molar-refractivity contribution >= 4 is 26.3 Å². The average Bonchev–Trinajstić information content (AvgIpc) is 3.43. The number of aliphatic hydroxyl groups is 2. The zero-order valence-corrected chi connectivity index (χ0v) is 20.7. The summed E-state index contributed by atoms with van der Waals surface area (Å²) in [6.45, 7) is 5.16. The second kappa shape index (κ2) is 7.22. The second-order valence-electron chi connectivity index (χ2n) is 9.86. The Morgan fingerprint density at radius 3 is 2.52 bits per heavy atom. The van der Waals surface area contributed by atoms with Gasteiger partial charge in [-0.25, -0.2) is 22.6 Å². The first-order chi connectivity index (χ1) is 15.3. The fraction of sp³-hybridized carbons (Fsp3) is 0.545. The lowest BCUT2D eigenvalue weighted by atomic mass is 9.94. The van der Waals surface area contributed by atoms with Crippen molar-refractivity contribution in [3.8, 4) is 17.0 Å². The van der Waals surface area contributed by atoms with E-state index in [1.54, 1.807) is 36.6 Å². The molecule has 178 valence electrons. The highest BCUT2D eigenvalue weighted by atomic mass is 32.2. The van der Waals surface area contributed by atoms with Gasteiger partial charge in [-0.15, -0.1) is 0 Å². The molecule has 0 spiro atoms. The van der Waals surface area contributed by atoms with Crippen molar-refractivity contribution in [2.45, 2.75) is 74.5 Å². The number of sulfonamides is 1. The van der Waals surface area contributed by atoms with E-state index >= 15 is 0 Å². The maximum atomic E-state index is 13.5. The van der Waals surface area contributed by atoms with Crippen molar-refractivity contribution in [1.29, 1.82) is 0 Å². The van der Waals surface area contributed by atoms with Crippen LogP contribution in [-0.4, -0.2) is 51.5 Å². The van der Waals surface area contributed by atoms with Crippen molar-refractivity contribution in [3.05, 3.63) is 28.9 Å². The van der Waals surface area contributed by atoms with Crippen molar-refractivity contribution < 1.29 is 23.4 Å². The maximum absolute atomic E-state index is 13.5. The Balaban J connectivity index is 1.58. The molecule has 0 atom stereocenters. The number of hydrogen-bond acceptors (Lipinski definition) is 8. The summed E-state index contributed by atoms with van der Waals surface area (Å²) >= 11 is 1.29. The first kappa shape index (κ1) is 22.7. The number of nitrogens with zero attached hydrogens (tertiary/aromatic N) is 3. The van der Waals surface area contributed by atoms with Gasteiger partial charge in [0.15, 0.2) is 0 Å². The molecule has 3 N–H and O–H groups in total. The molecule has 0 radical (unpaired) electrons. The van der Waals surface area contributed by atoms with Crippen LogP contribution < -0.4 is 9.46 Å². The van der Waals surface area contributed by atoms with E-state index in [1.807, 2.05) is 6.92 Å². The van der Waals surface area contributed by atoms with Crippen LogP contribution in [0, 0.1) is 6.92 Å². The second-order valence-corrected chi connectivity index (χ2v) is 12.5. The van der Waals surface area contributed by atoms with Crippen molar-refractivity contribution in [1.82, 2.24) is 19.3 Å². The summed E-state index contributed by atoms with van der Waals surface area (Å²) in [5.74, 6) is 0.239. The van der Waals surface area contributed by atoms with Gasteiger partial charge in [-0.3, -0.25) is 0 Å². The summed E-state index contributed by atoms with van der Waals surface area (Å²) in [5, 5.41) is 25.9. The molecule has 2 aliphatic rings. The quantitative estimate of drug-likeness (QED) is 0.483. The Hall–Kier alpha value is -2.05. The maximum Gasteiger partial charge on any atom is 0.244 e. The van der Waals surface area contributed by atoms with Gasteiger partial charge in [-0.2, -0.15) is 5.10 Å². The van der Waals surface area contributed by atoms with Crippen LogP contribution in [0.3, 0.4) is 0 Å². The molecule has 2 aromatic heterocycles. The molecule has 9 nitrogen and oxygen atoms in total. The lowest BCUT2D eigenvalue weighted by Crippen LogP contribution is -2.44. The Labute approximate surface area is 196 Å². The number of imidazole rings is 1. The van der Waals surface area contributed by atoms with Crippen LogP contribution in [-0.2, 0) is 15.6 Å². The van der Waals surface area contributed by atoms with Gasteiger partial charge in [-0.05, 0) is 71.1 Å². The Bertz CT molecular complexity index is 1350. The predicted molar refractivity (Wildman–Crippen MR) is 124 cm³/mol. The minimum absolute atomic E-state index is 0.0338. The SMILES string of the molecule is COc1ccc(-c2c(C)nc3sc(C(C)(C)O)nn23)cc1S(=O)(=O)NC12CCC(O)(CC1)C2. The highest BCUT2D eigenvalue weighted by Crippen LogP contribution is 2.51. The zero-order chi connectivity index (χ0) is 23.8. The molecule has 0 unspecified atom stereocenters. The molecule has 2 heterocycles. The largest absolute Gasteiger partial charge is 0.495 e. The molecule has 0 amide bonds.